The number of rotatable bonds is 1. The molecule has 0 aliphatic carbocycles. The van der Waals surface area contributed by atoms with Gasteiger partial charge in [0.15, 0.2) is 0 Å². The van der Waals surface area contributed by atoms with Gasteiger partial charge in [0.25, 0.3) is 0 Å². The van der Waals surface area contributed by atoms with Gasteiger partial charge in [-0.25, -0.2) is 0 Å². The van der Waals surface area contributed by atoms with Crippen molar-refractivity contribution in [3.05, 3.63) is 127 Å². The van der Waals surface area contributed by atoms with Crippen LogP contribution in [0.5, 0.6) is 0 Å². The van der Waals surface area contributed by atoms with Crippen molar-refractivity contribution in [3.63, 3.8) is 0 Å². The summed E-state index contributed by atoms with van der Waals surface area (Å²) in [5, 5.41) is 15.0. The monoisotopic (exact) mass is 507 g/mol. The van der Waals surface area contributed by atoms with E-state index in [-0.39, 0.29) is 0 Å². The molecule has 0 aliphatic rings. The Morgan fingerprint density at radius 3 is 2.00 bits per heavy atom. The van der Waals surface area contributed by atoms with Crippen molar-refractivity contribution in [3.8, 4) is 5.69 Å². The smallest absolute Gasteiger partial charge is 0.143 e. The van der Waals surface area contributed by atoms with E-state index in [9.17, 15) is 0 Å². The Kier molecular flexibility index (Phi) is 3.70. The molecule has 0 unspecified atom stereocenters. The quantitative estimate of drug-likeness (QED) is 0.202. The first-order chi connectivity index (χ1) is 19.8. The zero-order valence-corrected chi connectivity index (χ0v) is 21.5. The van der Waals surface area contributed by atoms with E-state index in [0.717, 1.165) is 27.3 Å². The third kappa shape index (κ3) is 2.49. The van der Waals surface area contributed by atoms with E-state index in [0.29, 0.717) is 0 Å². The minimum absolute atomic E-state index is 0.932. The fourth-order valence-electron chi connectivity index (χ4n) is 7.14. The van der Waals surface area contributed by atoms with Gasteiger partial charge in [-0.1, -0.05) is 91.0 Å². The number of para-hydroxylation sites is 2. The Morgan fingerprint density at radius 1 is 0.400 bits per heavy atom. The second kappa shape index (κ2) is 7.19. The van der Waals surface area contributed by atoms with Crippen LogP contribution in [-0.4, -0.2) is 4.57 Å². The number of nitrogens with zero attached hydrogens (tertiary/aromatic N) is 1. The topological polar surface area (TPSA) is 18.1 Å². The molecule has 0 amide bonds. The van der Waals surface area contributed by atoms with Crippen LogP contribution in [0.3, 0.4) is 0 Å². The summed E-state index contributed by atoms with van der Waals surface area (Å²) in [6.07, 6.45) is 0. The zero-order chi connectivity index (χ0) is 25.9. The number of aromatic nitrogens is 1. The number of furan rings is 1. The molecule has 2 heterocycles. The SMILES string of the molecule is c1cc2ccc3ccc(-n4c5ccccc5c5cc6c(ccc7c8ccccc8oc67)cc54)c4ccc(c1)c2c34. The molecular weight excluding hydrogens is 486 g/mol. The van der Waals surface area contributed by atoms with Crippen molar-refractivity contribution in [2.24, 2.45) is 0 Å². The number of benzene rings is 8. The van der Waals surface area contributed by atoms with Gasteiger partial charge in [0.1, 0.15) is 11.2 Å². The summed E-state index contributed by atoms with van der Waals surface area (Å²) in [6, 6.07) is 46.5. The Hall–Kier alpha value is -5.34. The maximum atomic E-state index is 6.43. The zero-order valence-electron chi connectivity index (χ0n) is 21.5. The number of hydrogen-bond donors (Lipinski definition) is 0. The van der Waals surface area contributed by atoms with Gasteiger partial charge < -0.3 is 8.98 Å². The summed E-state index contributed by atoms with van der Waals surface area (Å²) in [5.74, 6) is 0. The molecule has 2 heteroatoms. The highest BCUT2D eigenvalue weighted by atomic mass is 16.3. The molecule has 0 radical (unpaired) electrons. The first-order valence-corrected chi connectivity index (χ1v) is 13.8. The molecule has 0 spiro atoms. The molecule has 2 aromatic heterocycles. The van der Waals surface area contributed by atoms with E-state index < -0.39 is 0 Å². The van der Waals surface area contributed by atoms with Gasteiger partial charge in [-0.15, -0.1) is 0 Å². The largest absolute Gasteiger partial charge is 0.455 e. The van der Waals surface area contributed by atoms with Gasteiger partial charge in [-0.3, -0.25) is 0 Å². The molecule has 0 fully saturated rings. The van der Waals surface area contributed by atoms with E-state index in [4.69, 9.17) is 4.42 Å². The lowest BCUT2D eigenvalue weighted by Crippen LogP contribution is -1.96. The molecule has 0 saturated heterocycles. The predicted molar refractivity (Wildman–Crippen MR) is 169 cm³/mol. The van der Waals surface area contributed by atoms with Crippen LogP contribution in [0.1, 0.15) is 0 Å². The first-order valence-electron chi connectivity index (χ1n) is 13.8. The van der Waals surface area contributed by atoms with Crippen LogP contribution < -0.4 is 0 Å². The molecule has 2 nitrogen and oxygen atoms in total. The Labute approximate surface area is 228 Å². The van der Waals surface area contributed by atoms with E-state index in [1.165, 1.54) is 65.2 Å². The second-order valence-electron chi connectivity index (χ2n) is 10.9. The van der Waals surface area contributed by atoms with E-state index >= 15 is 0 Å². The average molecular weight is 508 g/mol. The average Bonchev–Trinajstić information content (AvgIpc) is 3.54. The number of fused-ring (bicyclic) bond motifs is 8. The summed E-state index contributed by atoms with van der Waals surface area (Å²) in [7, 11) is 0. The lowest BCUT2D eigenvalue weighted by atomic mass is 9.93. The molecule has 0 N–H and O–H groups in total. The van der Waals surface area contributed by atoms with Gasteiger partial charge in [0.2, 0.25) is 0 Å². The van der Waals surface area contributed by atoms with Gasteiger partial charge in [0, 0.05) is 32.3 Å². The van der Waals surface area contributed by atoms with Gasteiger partial charge in [-0.2, -0.15) is 0 Å². The highest BCUT2D eigenvalue weighted by molar-refractivity contribution is 6.26. The minimum Gasteiger partial charge on any atom is -0.455 e. The molecule has 10 aromatic rings. The Bertz CT molecular complexity index is 2630. The molecular formula is C38H21NO. The third-order valence-corrected chi connectivity index (χ3v) is 8.90. The van der Waals surface area contributed by atoms with Crippen molar-refractivity contribution in [1.29, 1.82) is 0 Å². The van der Waals surface area contributed by atoms with Crippen LogP contribution in [0.4, 0.5) is 0 Å². The van der Waals surface area contributed by atoms with Gasteiger partial charge >= 0.3 is 0 Å². The Morgan fingerprint density at radius 2 is 1.10 bits per heavy atom. The van der Waals surface area contributed by atoms with Crippen LogP contribution in [0.25, 0.3) is 92.5 Å². The van der Waals surface area contributed by atoms with E-state index in [1.807, 2.05) is 6.07 Å². The molecule has 0 atom stereocenters. The molecule has 10 rings (SSSR count). The standard InChI is InChI=1S/C38H21NO/c1-3-10-32-26(8-1)31-21-30-25(15-17-28-27-9-2-4-11-35(27)40-38(28)30)20-34(31)39(32)33-19-16-24-13-12-22-6-5-7-23-14-18-29(33)37(24)36(22)23/h1-21H. The molecule has 0 bridgehead atoms. The summed E-state index contributed by atoms with van der Waals surface area (Å²) in [5.41, 5.74) is 5.52. The third-order valence-electron chi connectivity index (χ3n) is 8.90. The maximum absolute atomic E-state index is 6.43. The fraction of sp³-hybridized carbons (Fsp3) is 0. The normalized spacial score (nSPS) is 12.5. The summed E-state index contributed by atoms with van der Waals surface area (Å²) in [4.78, 5) is 0. The van der Waals surface area contributed by atoms with Crippen molar-refractivity contribution in [2.45, 2.75) is 0 Å². The summed E-state index contributed by atoms with van der Waals surface area (Å²) < 4.78 is 8.89. The first kappa shape index (κ1) is 20.6. The molecule has 0 saturated carbocycles. The van der Waals surface area contributed by atoms with Crippen LogP contribution >= 0.6 is 0 Å². The fourth-order valence-corrected chi connectivity index (χ4v) is 7.14. The predicted octanol–water partition coefficient (Wildman–Crippen LogP) is 10.7. The second-order valence-corrected chi connectivity index (χ2v) is 10.9. The Balaban J connectivity index is 1.37. The van der Waals surface area contributed by atoms with Crippen LogP contribution in [-0.2, 0) is 0 Å². The van der Waals surface area contributed by atoms with Crippen molar-refractivity contribution in [2.75, 3.05) is 0 Å². The van der Waals surface area contributed by atoms with E-state index in [2.05, 4.69) is 126 Å². The van der Waals surface area contributed by atoms with Crippen LogP contribution in [0.2, 0.25) is 0 Å². The number of hydrogen-bond acceptors (Lipinski definition) is 1. The molecule has 184 valence electrons. The molecule has 8 aromatic carbocycles. The van der Waals surface area contributed by atoms with Crippen molar-refractivity contribution in [1.82, 2.24) is 4.57 Å². The van der Waals surface area contributed by atoms with Crippen molar-refractivity contribution >= 4 is 86.8 Å². The van der Waals surface area contributed by atoms with Gasteiger partial charge in [0.05, 0.1) is 16.7 Å². The van der Waals surface area contributed by atoms with E-state index in [1.54, 1.807) is 0 Å². The lowest BCUT2D eigenvalue weighted by molar-refractivity contribution is 0.672. The minimum atomic E-state index is 0.932. The highest BCUT2D eigenvalue weighted by Gasteiger charge is 2.19. The lowest BCUT2D eigenvalue weighted by Gasteiger charge is -2.16. The summed E-state index contributed by atoms with van der Waals surface area (Å²) in [6.45, 7) is 0. The summed E-state index contributed by atoms with van der Waals surface area (Å²) >= 11 is 0. The highest BCUT2D eigenvalue weighted by Crippen LogP contribution is 2.42. The van der Waals surface area contributed by atoms with Gasteiger partial charge in [-0.05, 0) is 68.7 Å². The molecule has 0 aliphatic heterocycles. The van der Waals surface area contributed by atoms with Crippen LogP contribution in [0, 0.1) is 0 Å². The van der Waals surface area contributed by atoms with Crippen molar-refractivity contribution < 1.29 is 4.42 Å². The maximum Gasteiger partial charge on any atom is 0.143 e. The molecule has 40 heavy (non-hydrogen) atoms. The van der Waals surface area contributed by atoms with Crippen LogP contribution in [0.15, 0.2) is 132 Å².